The van der Waals surface area contributed by atoms with Gasteiger partial charge in [0.15, 0.2) is 0 Å². The lowest BCUT2D eigenvalue weighted by atomic mass is 10.2. The summed E-state index contributed by atoms with van der Waals surface area (Å²) in [6, 6.07) is -0.216. The predicted octanol–water partition coefficient (Wildman–Crippen LogP) is -1.32. The Hall–Kier alpha value is -0.940. The third-order valence-corrected chi connectivity index (χ3v) is 1.51. The highest BCUT2D eigenvalue weighted by Crippen LogP contribution is 1.96. The van der Waals surface area contributed by atoms with E-state index in [0.717, 1.165) is 5.69 Å². The smallest absolute Gasteiger partial charge is 0.0725 e. The minimum atomic E-state index is -0.216. The summed E-state index contributed by atoms with van der Waals surface area (Å²) in [4.78, 5) is 0. The van der Waals surface area contributed by atoms with Gasteiger partial charge in [0, 0.05) is 19.5 Å². The van der Waals surface area contributed by atoms with Gasteiger partial charge in [0.05, 0.1) is 18.5 Å². The molecule has 0 amide bonds. The zero-order chi connectivity index (χ0) is 8.27. The lowest BCUT2D eigenvalue weighted by Crippen LogP contribution is -2.27. The molecule has 0 saturated heterocycles. The summed E-state index contributed by atoms with van der Waals surface area (Å²) in [6.07, 6.45) is 2.26. The molecule has 0 saturated carbocycles. The van der Waals surface area contributed by atoms with Gasteiger partial charge in [-0.05, 0) is 0 Å². The van der Waals surface area contributed by atoms with Crippen LogP contribution in [0.25, 0.3) is 0 Å². The van der Waals surface area contributed by atoms with E-state index in [1.54, 1.807) is 17.9 Å². The molecule has 5 heteroatoms. The Morgan fingerprint density at radius 3 is 3.00 bits per heavy atom. The third kappa shape index (κ3) is 1.99. The molecule has 0 aliphatic rings. The summed E-state index contributed by atoms with van der Waals surface area (Å²) in [5.74, 6) is 0. The molecule has 3 N–H and O–H groups in total. The second-order valence-corrected chi connectivity index (χ2v) is 2.50. The minimum absolute atomic E-state index is 0.00875. The molecule has 62 valence electrons. The maximum absolute atomic E-state index is 8.65. The molecule has 0 spiro atoms. The Bertz CT molecular complexity index is 222. The molecule has 0 aliphatic carbocycles. The quantitative estimate of drug-likeness (QED) is 0.569. The van der Waals surface area contributed by atoms with Crippen molar-refractivity contribution in [2.75, 3.05) is 6.61 Å². The van der Waals surface area contributed by atoms with E-state index < -0.39 is 0 Å². The average Bonchev–Trinajstić information content (AvgIpc) is 2.37. The van der Waals surface area contributed by atoms with Gasteiger partial charge in [-0.3, -0.25) is 4.68 Å². The Kier molecular flexibility index (Phi) is 2.56. The lowest BCUT2D eigenvalue weighted by molar-refractivity contribution is 0.264. The lowest BCUT2D eigenvalue weighted by Gasteiger charge is -2.05. The van der Waals surface area contributed by atoms with Crippen molar-refractivity contribution >= 4 is 0 Å². The molecule has 1 atom stereocenters. The number of rotatable bonds is 3. The first-order valence-electron chi connectivity index (χ1n) is 3.44. The normalized spacial score (nSPS) is 13.4. The van der Waals surface area contributed by atoms with Crippen LogP contribution in [0, 0.1) is 0 Å². The number of aromatic nitrogens is 3. The van der Waals surface area contributed by atoms with Crippen molar-refractivity contribution in [3.05, 3.63) is 11.9 Å². The Labute approximate surface area is 64.8 Å². The maximum Gasteiger partial charge on any atom is 0.0725 e. The fourth-order valence-corrected chi connectivity index (χ4v) is 0.829. The third-order valence-electron chi connectivity index (χ3n) is 1.51. The molecule has 1 aromatic rings. The number of aliphatic hydroxyl groups excluding tert-OH is 1. The zero-order valence-electron chi connectivity index (χ0n) is 6.44. The summed E-state index contributed by atoms with van der Waals surface area (Å²) in [6.45, 7) is -0.00875. The molecule has 1 aromatic heterocycles. The first-order valence-corrected chi connectivity index (χ1v) is 3.44. The van der Waals surface area contributed by atoms with E-state index in [1.807, 2.05) is 0 Å². The molecule has 0 aromatic carbocycles. The summed E-state index contributed by atoms with van der Waals surface area (Å²) in [5, 5.41) is 16.1. The molecule has 0 fully saturated rings. The maximum atomic E-state index is 8.65. The number of hydrogen-bond donors (Lipinski definition) is 2. The van der Waals surface area contributed by atoms with Crippen molar-refractivity contribution in [3.63, 3.8) is 0 Å². The monoisotopic (exact) mass is 156 g/mol. The molecule has 1 heterocycles. The van der Waals surface area contributed by atoms with Crippen LogP contribution in [0.15, 0.2) is 6.20 Å². The van der Waals surface area contributed by atoms with Crippen LogP contribution < -0.4 is 5.73 Å². The zero-order valence-corrected chi connectivity index (χ0v) is 6.44. The standard InChI is InChI=1S/C6H12N4O/c1-10-6(3-8-9-10)2-5(7)4-11/h3,5,11H,2,4,7H2,1H3. The van der Waals surface area contributed by atoms with Crippen LogP contribution in [-0.4, -0.2) is 32.7 Å². The number of hydrogen-bond acceptors (Lipinski definition) is 4. The van der Waals surface area contributed by atoms with Crippen LogP contribution in [0.1, 0.15) is 5.69 Å². The van der Waals surface area contributed by atoms with E-state index in [0.29, 0.717) is 6.42 Å². The molecule has 0 radical (unpaired) electrons. The van der Waals surface area contributed by atoms with Crippen LogP contribution in [0.2, 0.25) is 0 Å². The first-order chi connectivity index (χ1) is 5.24. The predicted molar refractivity (Wildman–Crippen MR) is 39.8 cm³/mol. The van der Waals surface area contributed by atoms with Crippen molar-refractivity contribution < 1.29 is 5.11 Å². The Balaban J connectivity index is 2.56. The van der Waals surface area contributed by atoms with E-state index >= 15 is 0 Å². The second kappa shape index (κ2) is 3.45. The number of aliphatic hydroxyl groups is 1. The minimum Gasteiger partial charge on any atom is -0.395 e. The first kappa shape index (κ1) is 8.16. The van der Waals surface area contributed by atoms with Gasteiger partial charge in [-0.25, -0.2) is 0 Å². The highest BCUT2D eigenvalue weighted by molar-refractivity contribution is 4.95. The van der Waals surface area contributed by atoms with Gasteiger partial charge in [-0.2, -0.15) is 0 Å². The van der Waals surface area contributed by atoms with Crippen LogP contribution >= 0.6 is 0 Å². The Morgan fingerprint density at radius 2 is 2.55 bits per heavy atom. The van der Waals surface area contributed by atoms with Gasteiger partial charge in [0.2, 0.25) is 0 Å². The molecular weight excluding hydrogens is 144 g/mol. The molecule has 0 bridgehead atoms. The average molecular weight is 156 g/mol. The fourth-order valence-electron chi connectivity index (χ4n) is 0.829. The summed E-state index contributed by atoms with van der Waals surface area (Å²) in [7, 11) is 1.80. The summed E-state index contributed by atoms with van der Waals surface area (Å²) < 4.78 is 1.65. The van der Waals surface area contributed by atoms with Crippen molar-refractivity contribution in [1.29, 1.82) is 0 Å². The van der Waals surface area contributed by atoms with Gasteiger partial charge in [-0.1, -0.05) is 5.21 Å². The van der Waals surface area contributed by atoms with Crippen molar-refractivity contribution in [1.82, 2.24) is 15.0 Å². The highest BCUT2D eigenvalue weighted by Gasteiger charge is 2.05. The molecule has 1 unspecified atom stereocenters. The molecular formula is C6H12N4O. The SMILES string of the molecule is Cn1nncc1CC(N)CO. The number of aryl methyl sites for hydroxylation is 1. The number of nitrogens with two attached hydrogens (primary N) is 1. The molecule has 5 nitrogen and oxygen atoms in total. The van der Waals surface area contributed by atoms with Crippen molar-refractivity contribution in [2.45, 2.75) is 12.5 Å². The van der Waals surface area contributed by atoms with E-state index in [2.05, 4.69) is 10.3 Å². The highest BCUT2D eigenvalue weighted by atomic mass is 16.3. The van der Waals surface area contributed by atoms with E-state index in [-0.39, 0.29) is 12.6 Å². The van der Waals surface area contributed by atoms with Gasteiger partial charge < -0.3 is 10.8 Å². The van der Waals surface area contributed by atoms with E-state index in [1.165, 1.54) is 0 Å². The number of nitrogens with zero attached hydrogens (tertiary/aromatic N) is 3. The van der Waals surface area contributed by atoms with Crippen molar-refractivity contribution in [3.8, 4) is 0 Å². The van der Waals surface area contributed by atoms with Gasteiger partial charge in [0.1, 0.15) is 0 Å². The molecule has 11 heavy (non-hydrogen) atoms. The second-order valence-electron chi connectivity index (χ2n) is 2.50. The van der Waals surface area contributed by atoms with Gasteiger partial charge in [-0.15, -0.1) is 5.10 Å². The van der Waals surface area contributed by atoms with Crippen LogP contribution in [0.4, 0.5) is 0 Å². The van der Waals surface area contributed by atoms with E-state index in [9.17, 15) is 0 Å². The van der Waals surface area contributed by atoms with E-state index in [4.69, 9.17) is 10.8 Å². The topological polar surface area (TPSA) is 77.0 Å². The molecule has 1 rings (SSSR count). The van der Waals surface area contributed by atoms with Crippen LogP contribution in [0.3, 0.4) is 0 Å². The van der Waals surface area contributed by atoms with Gasteiger partial charge in [0.25, 0.3) is 0 Å². The summed E-state index contributed by atoms with van der Waals surface area (Å²) >= 11 is 0. The van der Waals surface area contributed by atoms with Crippen LogP contribution in [0.5, 0.6) is 0 Å². The largest absolute Gasteiger partial charge is 0.395 e. The molecule has 0 aliphatic heterocycles. The van der Waals surface area contributed by atoms with Crippen molar-refractivity contribution in [2.24, 2.45) is 12.8 Å². The summed E-state index contributed by atoms with van der Waals surface area (Å²) in [5.41, 5.74) is 6.45. The van der Waals surface area contributed by atoms with Gasteiger partial charge >= 0.3 is 0 Å². The van der Waals surface area contributed by atoms with Crippen LogP contribution in [-0.2, 0) is 13.5 Å². The Morgan fingerprint density at radius 1 is 1.82 bits per heavy atom. The fraction of sp³-hybridized carbons (Fsp3) is 0.667.